The second-order valence-electron chi connectivity index (χ2n) is 5.87. The molecule has 0 heterocycles. The molecule has 1 nitrogen and oxygen atoms in total. The Labute approximate surface area is 117 Å². The average Bonchev–Trinajstić information content (AvgIpc) is 2.28. The van der Waals surface area contributed by atoms with Gasteiger partial charge in [-0.25, -0.2) is 0 Å². The molecular formula is C16H27NS. The van der Waals surface area contributed by atoms with Crippen LogP contribution in [-0.4, -0.2) is 23.1 Å². The van der Waals surface area contributed by atoms with Crippen molar-refractivity contribution in [2.24, 2.45) is 0 Å². The minimum Gasteiger partial charge on any atom is -0.313 e. The first-order valence-corrected chi connectivity index (χ1v) is 7.82. The Morgan fingerprint density at radius 3 is 2.28 bits per heavy atom. The summed E-state index contributed by atoms with van der Waals surface area (Å²) in [5.74, 6) is 1.17. The van der Waals surface area contributed by atoms with Crippen molar-refractivity contribution in [3.05, 3.63) is 35.4 Å². The van der Waals surface area contributed by atoms with Gasteiger partial charge in [0.2, 0.25) is 0 Å². The molecule has 2 heteroatoms. The first kappa shape index (κ1) is 15.6. The van der Waals surface area contributed by atoms with Gasteiger partial charge >= 0.3 is 0 Å². The van der Waals surface area contributed by atoms with E-state index in [1.165, 1.54) is 16.9 Å². The van der Waals surface area contributed by atoms with Crippen molar-refractivity contribution in [3.63, 3.8) is 0 Å². The van der Waals surface area contributed by atoms with Crippen molar-refractivity contribution in [3.8, 4) is 0 Å². The second kappa shape index (κ2) is 7.20. The molecule has 0 saturated carbocycles. The highest BCUT2D eigenvalue weighted by molar-refractivity contribution is 8.00. The monoisotopic (exact) mass is 265 g/mol. The van der Waals surface area contributed by atoms with Crippen molar-refractivity contribution in [1.82, 2.24) is 5.32 Å². The van der Waals surface area contributed by atoms with Crippen molar-refractivity contribution in [2.45, 2.75) is 51.8 Å². The van der Waals surface area contributed by atoms with Gasteiger partial charge < -0.3 is 5.32 Å². The summed E-state index contributed by atoms with van der Waals surface area (Å²) in [7, 11) is 0. The lowest BCUT2D eigenvalue weighted by molar-refractivity contribution is 0.570. The summed E-state index contributed by atoms with van der Waals surface area (Å²) in [5.41, 5.74) is 2.77. The normalized spacial score (nSPS) is 13.6. The summed E-state index contributed by atoms with van der Waals surface area (Å²) in [4.78, 5) is 0. The first-order chi connectivity index (χ1) is 8.40. The third kappa shape index (κ3) is 6.46. The first-order valence-electron chi connectivity index (χ1n) is 6.83. The third-order valence-corrected chi connectivity index (χ3v) is 4.25. The number of hydrogen-bond acceptors (Lipinski definition) is 2. The lowest BCUT2D eigenvalue weighted by Crippen LogP contribution is -2.34. The van der Waals surface area contributed by atoms with Gasteiger partial charge in [-0.3, -0.25) is 0 Å². The number of benzene rings is 1. The minimum atomic E-state index is 0.348. The van der Waals surface area contributed by atoms with Gasteiger partial charge in [0, 0.05) is 16.5 Å². The van der Waals surface area contributed by atoms with Crippen LogP contribution in [0.5, 0.6) is 0 Å². The fourth-order valence-electron chi connectivity index (χ4n) is 1.84. The van der Waals surface area contributed by atoms with Gasteiger partial charge in [-0.15, -0.1) is 0 Å². The molecule has 0 aliphatic heterocycles. The van der Waals surface area contributed by atoms with Gasteiger partial charge in [0.25, 0.3) is 0 Å². The topological polar surface area (TPSA) is 12.0 Å². The van der Waals surface area contributed by atoms with Crippen LogP contribution < -0.4 is 5.32 Å². The van der Waals surface area contributed by atoms with E-state index in [9.17, 15) is 0 Å². The van der Waals surface area contributed by atoms with E-state index < -0.39 is 0 Å². The number of hydrogen-bond donors (Lipinski definition) is 1. The largest absolute Gasteiger partial charge is 0.313 e. The van der Waals surface area contributed by atoms with Crippen LogP contribution in [0.4, 0.5) is 0 Å². The molecule has 1 N–H and O–H groups in total. The van der Waals surface area contributed by atoms with E-state index in [1.54, 1.807) is 0 Å². The highest BCUT2D eigenvalue weighted by atomic mass is 32.2. The molecular weight excluding hydrogens is 238 g/mol. The summed E-state index contributed by atoms with van der Waals surface area (Å²) in [6, 6.07) is 9.48. The molecule has 0 amide bonds. The number of nitrogens with one attached hydrogen (secondary N) is 1. The summed E-state index contributed by atoms with van der Waals surface area (Å²) < 4.78 is 0.348. The van der Waals surface area contributed by atoms with E-state index in [0.717, 1.165) is 13.0 Å². The maximum Gasteiger partial charge on any atom is 0.0198 e. The molecule has 0 saturated heterocycles. The van der Waals surface area contributed by atoms with E-state index in [-0.39, 0.29) is 0 Å². The molecule has 102 valence electrons. The molecule has 0 aliphatic carbocycles. The van der Waals surface area contributed by atoms with Crippen LogP contribution in [0.3, 0.4) is 0 Å². The third-order valence-electron chi connectivity index (χ3n) is 2.81. The zero-order valence-electron chi connectivity index (χ0n) is 12.4. The Morgan fingerprint density at radius 1 is 1.17 bits per heavy atom. The molecule has 0 fully saturated rings. The zero-order chi connectivity index (χ0) is 13.6. The molecule has 0 spiro atoms. The van der Waals surface area contributed by atoms with Crippen LogP contribution in [0.1, 0.15) is 38.8 Å². The SMILES string of the molecule is CCNC(CSC(C)(C)C)Cc1ccc(C)cc1. The predicted molar refractivity (Wildman–Crippen MR) is 84.6 cm³/mol. The number of rotatable bonds is 6. The molecule has 1 aromatic carbocycles. The van der Waals surface area contributed by atoms with E-state index in [4.69, 9.17) is 0 Å². The van der Waals surface area contributed by atoms with Gasteiger partial charge in [-0.2, -0.15) is 11.8 Å². The lowest BCUT2D eigenvalue weighted by Gasteiger charge is -2.23. The summed E-state index contributed by atoms with van der Waals surface area (Å²) in [6.07, 6.45) is 1.12. The molecule has 0 bridgehead atoms. The van der Waals surface area contributed by atoms with Gasteiger partial charge in [-0.1, -0.05) is 57.5 Å². The summed E-state index contributed by atoms with van der Waals surface area (Å²) in [6.45, 7) is 12.2. The molecule has 1 rings (SSSR count). The maximum atomic E-state index is 3.60. The van der Waals surface area contributed by atoms with Crippen molar-refractivity contribution in [2.75, 3.05) is 12.3 Å². The molecule has 1 aromatic rings. The number of aryl methyl sites for hydroxylation is 1. The second-order valence-corrected chi connectivity index (χ2v) is 7.71. The highest BCUT2D eigenvalue weighted by Crippen LogP contribution is 2.24. The summed E-state index contributed by atoms with van der Waals surface area (Å²) in [5, 5.41) is 3.60. The van der Waals surface area contributed by atoms with Crippen LogP contribution in [0, 0.1) is 6.92 Å². The van der Waals surface area contributed by atoms with Gasteiger partial charge in [0.15, 0.2) is 0 Å². The Morgan fingerprint density at radius 2 is 1.78 bits per heavy atom. The fraction of sp³-hybridized carbons (Fsp3) is 0.625. The molecule has 1 atom stereocenters. The quantitative estimate of drug-likeness (QED) is 0.833. The van der Waals surface area contributed by atoms with E-state index in [2.05, 4.69) is 64.2 Å². The average molecular weight is 265 g/mol. The Balaban J connectivity index is 2.54. The Bertz CT molecular complexity index is 337. The zero-order valence-corrected chi connectivity index (χ0v) is 13.2. The van der Waals surface area contributed by atoms with Crippen molar-refractivity contribution >= 4 is 11.8 Å². The predicted octanol–water partition coefficient (Wildman–Crippen LogP) is 4.05. The lowest BCUT2D eigenvalue weighted by atomic mass is 10.1. The molecule has 0 radical (unpaired) electrons. The fourth-order valence-corrected chi connectivity index (χ4v) is 2.77. The van der Waals surface area contributed by atoms with Gasteiger partial charge in [0.05, 0.1) is 0 Å². The van der Waals surface area contributed by atoms with Crippen LogP contribution in [0.25, 0.3) is 0 Å². The molecule has 18 heavy (non-hydrogen) atoms. The van der Waals surface area contributed by atoms with E-state index >= 15 is 0 Å². The Hall–Kier alpha value is -0.470. The number of thioether (sulfide) groups is 1. The van der Waals surface area contributed by atoms with E-state index in [0.29, 0.717) is 10.8 Å². The van der Waals surface area contributed by atoms with Gasteiger partial charge in [-0.05, 0) is 25.5 Å². The minimum absolute atomic E-state index is 0.348. The van der Waals surface area contributed by atoms with Gasteiger partial charge in [0.1, 0.15) is 0 Å². The highest BCUT2D eigenvalue weighted by Gasteiger charge is 2.15. The van der Waals surface area contributed by atoms with Crippen molar-refractivity contribution in [1.29, 1.82) is 0 Å². The molecule has 0 aliphatic rings. The van der Waals surface area contributed by atoms with E-state index in [1.807, 2.05) is 11.8 Å². The maximum absolute atomic E-state index is 3.60. The van der Waals surface area contributed by atoms with Crippen LogP contribution >= 0.6 is 11.8 Å². The van der Waals surface area contributed by atoms with Crippen molar-refractivity contribution < 1.29 is 0 Å². The van der Waals surface area contributed by atoms with Crippen LogP contribution in [0.15, 0.2) is 24.3 Å². The van der Waals surface area contributed by atoms with Crippen LogP contribution in [0.2, 0.25) is 0 Å². The Kier molecular flexibility index (Phi) is 6.24. The number of likely N-dealkylation sites (N-methyl/N-ethyl adjacent to an activating group) is 1. The summed E-state index contributed by atoms with van der Waals surface area (Å²) >= 11 is 2.04. The standard InChI is InChI=1S/C16H27NS/c1-6-17-15(12-18-16(3,4)5)11-14-9-7-13(2)8-10-14/h7-10,15,17H,6,11-12H2,1-5H3. The smallest absolute Gasteiger partial charge is 0.0198 e. The van der Waals surface area contributed by atoms with Crippen LogP contribution in [-0.2, 0) is 6.42 Å². The molecule has 1 unspecified atom stereocenters. The molecule has 0 aromatic heterocycles.